The largest absolute Gasteiger partial charge is 0.507 e. The number of nitrogens with zero attached hydrogens (tertiary/aromatic N) is 2. The van der Waals surface area contributed by atoms with Crippen LogP contribution in [-0.2, 0) is 9.59 Å². The maximum Gasteiger partial charge on any atom is 0.295 e. The molecule has 0 spiro atoms. The molecule has 2 aromatic carbocycles. The molecule has 158 valence electrons. The number of halogens is 1. The molecule has 1 heterocycles. The van der Waals surface area contributed by atoms with Gasteiger partial charge >= 0.3 is 0 Å². The van der Waals surface area contributed by atoms with Gasteiger partial charge in [-0.2, -0.15) is 0 Å². The molecule has 7 heteroatoms. The number of rotatable bonds is 6. The van der Waals surface area contributed by atoms with E-state index in [1.807, 2.05) is 25.9 Å². The number of likely N-dealkylation sites (N-methyl/N-ethyl adjacent to an activating group) is 1. The molecule has 2 aromatic rings. The van der Waals surface area contributed by atoms with Crippen molar-refractivity contribution < 1.29 is 23.8 Å². The molecule has 0 bridgehead atoms. The highest BCUT2D eigenvalue weighted by atomic mass is 19.1. The van der Waals surface area contributed by atoms with Crippen molar-refractivity contribution in [2.75, 3.05) is 34.3 Å². The van der Waals surface area contributed by atoms with Gasteiger partial charge in [-0.3, -0.25) is 9.59 Å². The Bertz CT molecular complexity index is 999. The number of Topliss-reactive ketones (excluding diaryl/α,β-unsaturated/α-hetero) is 1. The van der Waals surface area contributed by atoms with Crippen LogP contribution >= 0.6 is 0 Å². The number of hydrogen-bond donors (Lipinski definition) is 1. The molecule has 1 saturated heterocycles. The standard InChI is InChI=1S/C23H25FN2O4/c1-14-13-16(7-10-18(14)30-4)21(27)19-20(15-5-8-17(24)9-6-15)26(12-11-25(2)3)23(29)22(19)28/h5-10,13,20,27H,11-12H2,1-4H3/t20-/m0/s1. The highest BCUT2D eigenvalue weighted by Crippen LogP contribution is 2.39. The third kappa shape index (κ3) is 4.07. The summed E-state index contributed by atoms with van der Waals surface area (Å²) in [6.07, 6.45) is 0. The first-order chi connectivity index (χ1) is 14.2. The fourth-order valence-corrected chi connectivity index (χ4v) is 3.59. The summed E-state index contributed by atoms with van der Waals surface area (Å²) in [7, 11) is 5.28. The lowest BCUT2D eigenvalue weighted by molar-refractivity contribution is -0.140. The lowest BCUT2D eigenvalue weighted by Crippen LogP contribution is -2.35. The van der Waals surface area contributed by atoms with E-state index in [1.54, 1.807) is 25.3 Å². The van der Waals surface area contributed by atoms with Gasteiger partial charge in [-0.1, -0.05) is 12.1 Å². The Morgan fingerprint density at radius 3 is 2.40 bits per heavy atom. The van der Waals surface area contributed by atoms with E-state index >= 15 is 0 Å². The second kappa shape index (κ2) is 8.67. The predicted octanol–water partition coefficient (Wildman–Crippen LogP) is 3.13. The number of amides is 1. The molecule has 0 aromatic heterocycles. The summed E-state index contributed by atoms with van der Waals surface area (Å²) in [6.45, 7) is 2.65. The number of aliphatic hydroxyl groups excluding tert-OH is 1. The highest BCUT2D eigenvalue weighted by Gasteiger charge is 2.45. The van der Waals surface area contributed by atoms with Crippen molar-refractivity contribution in [1.82, 2.24) is 9.80 Å². The summed E-state index contributed by atoms with van der Waals surface area (Å²) in [5.41, 5.74) is 1.74. The van der Waals surface area contributed by atoms with Crippen LogP contribution in [-0.4, -0.2) is 60.9 Å². The van der Waals surface area contributed by atoms with Crippen LogP contribution in [0, 0.1) is 12.7 Å². The van der Waals surface area contributed by atoms with Gasteiger partial charge in [-0.05, 0) is 62.5 Å². The Morgan fingerprint density at radius 1 is 1.17 bits per heavy atom. The van der Waals surface area contributed by atoms with E-state index in [9.17, 15) is 19.1 Å². The van der Waals surface area contributed by atoms with Crippen LogP contribution in [0.25, 0.3) is 5.76 Å². The van der Waals surface area contributed by atoms with Crippen LogP contribution in [0.1, 0.15) is 22.7 Å². The predicted molar refractivity (Wildman–Crippen MR) is 112 cm³/mol. The number of benzene rings is 2. The number of aryl methyl sites for hydroxylation is 1. The van der Waals surface area contributed by atoms with Crippen molar-refractivity contribution in [2.45, 2.75) is 13.0 Å². The topological polar surface area (TPSA) is 70.1 Å². The summed E-state index contributed by atoms with van der Waals surface area (Å²) in [5.74, 6) is -1.48. The minimum Gasteiger partial charge on any atom is -0.507 e. The van der Waals surface area contributed by atoms with Crippen molar-refractivity contribution >= 4 is 17.4 Å². The fourth-order valence-electron chi connectivity index (χ4n) is 3.59. The zero-order chi connectivity index (χ0) is 22.0. The van der Waals surface area contributed by atoms with E-state index in [4.69, 9.17) is 4.74 Å². The van der Waals surface area contributed by atoms with Crippen LogP contribution in [0.5, 0.6) is 5.75 Å². The first-order valence-corrected chi connectivity index (χ1v) is 9.58. The van der Waals surface area contributed by atoms with Crippen LogP contribution in [0.2, 0.25) is 0 Å². The Kier molecular flexibility index (Phi) is 6.22. The molecule has 0 aliphatic carbocycles. The smallest absolute Gasteiger partial charge is 0.295 e. The summed E-state index contributed by atoms with van der Waals surface area (Å²) < 4.78 is 18.7. The Balaban J connectivity index is 2.14. The van der Waals surface area contributed by atoms with Crippen molar-refractivity contribution in [2.24, 2.45) is 0 Å². The molecule has 0 radical (unpaired) electrons. The van der Waals surface area contributed by atoms with Gasteiger partial charge in [0.1, 0.15) is 17.3 Å². The number of methoxy groups -OCH3 is 1. The number of carbonyl (C=O) groups excluding carboxylic acids is 2. The molecule has 0 unspecified atom stereocenters. The van der Waals surface area contributed by atoms with Gasteiger partial charge in [0.05, 0.1) is 18.7 Å². The molecule has 3 rings (SSSR count). The van der Waals surface area contributed by atoms with Gasteiger partial charge in [0.2, 0.25) is 0 Å². The van der Waals surface area contributed by atoms with Crippen LogP contribution in [0.4, 0.5) is 4.39 Å². The molecule has 1 fully saturated rings. The maximum absolute atomic E-state index is 13.5. The molecule has 1 amide bonds. The summed E-state index contributed by atoms with van der Waals surface area (Å²) in [4.78, 5) is 29.0. The van der Waals surface area contributed by atoms with Gasteiger partial charge in [-0.25, -0.2) is 4.39 Å². The molecular formula is C23H25FN2O4. The molecule has 6 nitrogen and oxygen atoms in total. The van der Waals surface area contributed by atoms with E-state index < -0.39 is 23.5 Å². The third-order valence-electron chi connectivity index (χ3n) is 5.18. The number of likely N-dealkylation sites (tertiary alicyclic amines) is 1. The van der Waals surface area contributed by atoms with Crippen LogP contribution in [0.15, 0.2) is 48.0 Å². The van der Waals surface area contributed by atoms with Crippen molar-refractivity contribution in [3.63, 3.8) is 0 Å². The molecule has 1 aliphatic rings. The van der Waals surface area contributed by atoms with E-state index in [0.717, 1.165) is 5.56 Å². The van der Waals surface area contributed by atoms with Gasteiger partial charge in [0, 0.05) is 18.7 Å². The van der Waals surface area contributed by atoms with E-state index in [1.165, 1.54) is 29.2 Å². The normalized spacial score (nSPS) is 18.3. The third-order valence-corrected chi connectivity index (χ3v) is 5.18. The minimum absolute atomic E-state index is 0.00469. The molecule has 1 N–H and O–H groups in total. The van der Waals surface area contributed by atoms with E-state index in [0.29, 0.717) is 23.4 Å². The van der Waals surface area contributed by atoms with Gasteiger partial charge in [0.15, 0.2) is 0 Å². The lowest BCUT2D eigenvalue weighted by atomic mass is 9.94. The summed E-state index contributed by atoms with van der Waals surface area (Å²) in [5, 5.41) is 11.0. The monoisotopic (exact) mass is 412 g/mol. The number of carbonyl (C=O) groups is 2. The average Bonchev–Trinajstić information content (AvgIpc) is 2.96. The quantitative estimate of drug-likeness (QED) is 0.449. The van der Waals surface area contributed by atoms with E-state index in [2.05, 4.69) is 0 Å². The molecule has 1 atom stereocenters. The fraction of sp³-hybridized carbons (Fsp3) is 0.304. The van der Waals surface area contributed by atoms with Gasteiger partial charge in [0.25, 0.3) is 11.7 Å². The lowest BCUT2D eigenvalue weighted by Gasteiger charge is -2.26. The van der Waals surface area contributed by atoms with Crippen LogP contribution in [0.3, 0.4) is 0 Å². The van der Waals surface area contributed by atoms with Crippen LogP contribution < -0.4 is 4.74 Å². The highest BCUT2D eigenvalue weighted by molar-refractivity contribution is 6.46. The van der Waals surface area contributed by atoms with Crippen molar-refractivity contribution in [3.05, 3.63) is 70.5 Å². The van der Waals surface area contributed by atoms with Gasteiger partial charge < -0.3 is 19.6 Å². The SMILES string of the molecule is COc1ccc(C(O)=C2C(=O)C(=O)N(CCN(C)C)[C@H]2c2ccc(F)cc2)cc1C. The molecule has 1 aliphatic heterocycles. The Morgan fingerprint density at radius 2 is 1.83 bits per heavy atom. The van der Waals surface area contributed by atoms with Gasteiger partial charge in [-0.15, -0.1) is 0 Å². The number of ether oxygens (including phenoxy) is 1. The first-order valence-electron chi connectivity index (χ1n) is 9.58. The number of hydrogen-bond acceptors (Lipinski definition) is 5. The first kappa shape index (κ1) is 21.5. The second-order valence-electron chi connectivity index (χ2n) is 7.53. The maximum atomic E-state index is 13.5. The zero-order valence-electron chi connectivity index (χ0n) is 17.5. The Labute approximate surface area is 175 Å². The zero-order valence-corrected chi connectivity index (χ0v) is 17.5. The van der Waals surface area contributed by atoms with Crippen molar-refractivity contribution in [1.29, 1.82) is 0 Å². The van der Waals surface area contributed by atoms with E-state index in [-0.39, 0.29) is 17.9 Å². The minimum atomic E-state index is -0.798. The summed E-state index contributed by atoms with van der Waals surface area (Å²) in [6, 6.07) is 9.84. The van der Waals surface area contributed by atoms with Crippen molar-refractivity contribution in [3.8, 4) is 5.75 Å². The molecular weight excluding hydrogens is 387 g/mol. The second-order valence-corrected chi connectivity index (χ2v) is 7.53. The Hall–Kier alpha value is -3.19. The number of aliphatic hydroxyl groups is 1. The molecule has 30 heavy (non-hydrogen) atoms. The average molecular weight is 412 g/mol. The molecule has 0 saturated carbocycles. The summed E-state index contributed by atoms with van der Waals surface area (Å²) >= 11 is 0. The number of ketones is 1.